The van der Waals surface area contributed by atoms with Crippen LogP contribution in [-0.4, -0.2) is 10.1 Å². The zero-order valence-corrected chi connectivity index (χ0v) is 13.5. The molecule has 0 atom stereocenters. The Kier molecular flexibility index (Phi) is 3.59. The van der Waals surface area contributed by atoms with E-state index in [1.54, 1.807) is 0 Å². The topological polar surface area (TPSA) is 20.8 Å². The van der Waals surface area contributed by atoms with Crippen LogP contribution in [0.1, 0.15) is 62.3 Å². The van der Waals surface area contributed by atoms with Gasteiger partial charge in [0.1, 0.15) is 0 Å². The van der Waals surface area contributed by atoms with Crippen LogP contribution in [0, 0.1) is 0 Å². The number of hydrogen-bond donors (Lipinski definition) is 1. The molecule has 18 heavy (non-hydrogen) atoms. The summed E-state index contributed by atoms with van der Waals surface area (Å²) in [4.78, 5) is 0. The Morgan fingerprint density at radius 1 is 0.944 bits per heavy atom. The van der Waals surface area contributed by atoms with Gasteiger partial charge in [-0.15, -0.1) is 0 Å². The van der Waals surface area contributed by atoms with Crippen molar-refractivity contribution in [3.8, 4) is 0 Å². The largest absolute Gasteiger partial charge is 0.358 e. The second kappa shape index (κ2) is 4.29. The van der Waals surface area contributed by atoms with Gasteiger partial charge in [0.2, 0.25) is 0 Å². The fraction of sp³-hybridized carbons (Fsp3) is 0.800. The summed E-state index contributed by atoms with van der Waals surface area (Å²) in [5, 5.41) is 3.64. The molecule has 0 saturated carbocycles. The first-order chi connectivity index (χ1) is 7.82. The zero-order chi connectivity index (χ0) is 14.4. The van der Waals surface area contributed by atoms with Crippen molar-refractivity contribution < 1.29 is 4.57 Å². The van der Waals surface area contributed by atoms with Crippen LogP contribution in [0.25, 0.3) is 0 Å². The molecule has 1 heterocycles. The van der Waals surface area contributed by atoms with Gasteiger partial charge in [0.05, 0.1) is 29.0 Å². The third-order valence-electron chi connectivity index (χ3n) is 2.75. The van der Waals surface area contributed by atoms with Gasteiger partial charge >= 0.3 is 5.95 Å². The van der Waals surface area contributed by atoms with Gasteiger partial charge in [-0.1, -0.05) is 0 Å². The minimum Gasteiger partial charge on any atom is -0.273 e. The monoisotopic (exact) mass is 252 g/mol. The van der Waals surface area contributed by atoms with Crippen LogP contribution in [-0.2, 0) is 11.1 Å². The highest BCUT2D eigenvalue weighted by Crippen LogP contribution is 2.23. The molecule has 1 N–H and O–H groups in total. The first-order valence-electron chi connectivity index (χ1n) is 6.74. The lowest BCUT2D eigenvalue weighted by atomic mass is 10.1. The quantitative estimate of drug-likeness (QED) is 0.759. The summed E-state index contributed by atoms with van der Waals surface area (Å²) in [5.74, 6) is 1.17. The maximum atomic E-state index is 3.64. The maximum absolute atomic E-state index is 3.64. The molecule has 0 spiro atoms. The highest BCUT2D eigenvalue weighted by atomic mass is 15.3. The van der Waals surface area contributed by atoms with Gasteiger partial charge in [0.25, 0.3) is 0 Å². The molecule has 104 valence electrons. The molecule has 0 aliphatic carbocycles. The van der Waals surface area contributed by atoms with Crippen molar-refractivity contribution >= 4 is 5.95 Å². The van der Waals surface area contributed by atoms with Crippen molar-refractivity contribution in [3.05, 3.63) is 12.4 Å². The fourth-order valence-corrected chi connectivity index (χ4v) is 1.93. The summed E-state index contributed by atoms with van der Waals surface area (Å²) in [6.07, 6.45) is 4.33. The molecule has 3 heteroatoms. The van der Waals surface area contributed by atoms with E-state index in [4.69, 9.17) is 0 Å². The van der Waals surface area contributed by atoms with Gasteiger partial charge < -0.3 is 0 Å². The second-order valence-corrected chi connectivity index (χ2v) is 8.08. The van der Waals surface area contributed by atoms with Crippen LogP contribution in [0.15, 0.2) is 12.4 Å². The van der Waals surface area contributed by atoms with Gasteiger partial charge in [-0.05, 0) is 62.3 Å². The van der Waals surface area contributed by atoms with E-state index in [9.17, 15) is 0 Å². The van der Waals surface area contributed by atoms with Crippen LogP contribution >= 0.6 is 0 Å². The van der Waals surface area contributed by atoms with Gasteiger partial charge in [0.15, 0.2) is 0 Å². The average Bonchev–Trinajstić information content (AvgIpc) is 2.41. The highest BCUT2D eigenvalue weighted by Gasteiger charge is 2.33. The van der Waals surface area contributed by atoms with Crippen molar-refractivity contribution in [2.45, 2.75) is 78.9 Å². The summed E-state index contributed by atoms with van der Waals surface area (Å²) >= 11 is 0. The molecule has 1 aromatic rings. The molecule has 0 aromatic carbocycles. The molecule has 0 aliphatic heterocycles. The molecule has 0 unspecified atom stereocenters. The first kappa shape index (κ1) is 15.1. The lowest BCUT2D eigenvalue weighted by Crippen LogP contribution is -2.53. The van der Waals surface area contributed by atoms with Crippen LogP contribution in [0.4, 0.5) is 5.95 Å². The Morgan fingerprint density at radius 2 is 1.44 bits per heavy atom. The summed E-state index contributed by atoms with van der Waals surface area (Å²) in [7, 11) is 0. The second-order valence-electron chi connectivity index (χ2n) is 8.08. The van der Waals surface area contributed by atoms with Crippen molar-refractivity contribution in [1.29, 1.82) is 0 Å². The van der Waals surface area contributed by atoms with Crippen LogP contribution in [0.5, 0.6) is 0 Å². The summed E-state index contributed by atoms with van der Waals surface area (Å²) in [5.41, 5.74) is 0.197. The Morgan fingerprint density at radius 3 is 1.78 bits per heavy atom. The standard InChI is InChI=1S/C15H29N3/c1-13(2,3)16-12-17(14(4,5)6)10-11-18(12)15(7,8)9/h10-11H,1-9H3/p+1. The van der Waals surface area contributed by atoms with Crippen molar-refractivity contribution in [2.75, 3.05) is 5.32 Å². The zero-order valence-electron chi connectivity index (χ0n) is 13.5. The van der Waals surface area contributed by atoms with E-state index in [0.717, 1.165) is 0 Å². The summed E-state index contributed by atoms with van der Waals surface area (Å²) in [6.45, 7) is 20.0. The van der Waals surface area contributed by atoms with E-state index in [2.05, 4.69) is 89.2 Å². The molecule has 0 amide bonds. The number of rotatable bonds is 1. The Balaban J connectivity index is 3.36. The Hall–Kier alpha value is -0.990. The third-order valence-corrected chi connectivity index (χ3v) is 2.75. The van der Waals surface area contributed by atoms with E-state index in [0.29, 0.717) is 0 Å². The van der Waals surface area contributed by atoms with Gasteiger partial charge in [0, 0.05) is 0 Å². The lowest BCUT2D eigenvalue weighted by molar-refractivity contribution is -0.740. The number of nitrogens with zero attached hydrogens (tertiary/aromatic N) is 2. The Bertz CT molecular complexity index is 377. The molecule has 0 aliphatic rings. The molecule has 1 rings (SSSR count). The molecular weight excluding hydrogens is 222 g/mol. The molecule has 0 saturated heterocycles. The highest BCUT2D eigenvalue weighted by molar-refractivity contribution is 5.25. The normalized spacial score (nSPS) is 13.8. The number of aromatic nitrogens is 2. The van der Waals surface area contributed by atoms with Gasteiger partial charge in [-0.25, -0.2) is 9.13 Å². The molecule has 0 radical (unpaired) electrons. The van der Waals surface area contributed by atoms with Crippen molar-refractivity contribution in [3.63, 3.8) is 0 Å². The van der Waals surface area contributed by atoms with E-state index >= 15 is 0 Å². The molecule has 0 bridgehead atoms. The Labute approximate surface area is 112 Å². The summed E-state index contributed by atoms with van der Waals surface area (Å²) in [6, 6.07) is 0. The number of imidazole rings is 1. The molecule has 0 fully saturated rings. The minimum absolute atomic E-state index is 0.0500. The smallest absolute Gasteiger partial charge is 0.273 e. The van der Waals surface area contributed by atoms with Crippen LogP contribution in [0.2, 0.25) is 0 Å². The first-order valence-corrected chi connectivity index (χ1v) is 6.74. The number of hydrogen-bond acceptors (Lipinski definition) is 1. The van der Waals surface area contributed by atoms with Crippen LogP contribution < -0.4 is 9.88 Å². The number of nitrogens with one attached hydrogen (secondary N) is 1. The molecule has 1 aromatic heterocycles. The van der Waals surface area contributed by atoms with Crippen LogP contribution in [0.3, 0.4) is 0 Å². The van der Waals surface area contributed by atoms with Crippen molar-refractivity contribution in [1.82, 2.24) is 4.57 Å². The maximum Gasteiger partial charge on any atom is 0.358 e. The predicted molar refractivity (Wildman–Crippen MR) is 78.0 cm³/mol. The average molecular weight is 252 g/mol. The predicted octanol–water partition coefficient (Wildman–Crippen LogP) is 3.50. The molecule has 3 nitrogen and oxygen atoms in total. The van der Waals surface area contributed by atoms with Crippen molar-refractivity contribution in [2.24, 2.45) is 0 Å². The summed E-state index contributed by atoms with van der Waals surface area (Å²) < 4.78 is 4.62. The van der Waals surface area contributed by atoms with E-state index < -0.39 is 0 Å². The van der Waals surface area contributed by atoms with E-state index in [-0.39, 0.29) is 16.6 Å². The minimum atomic E-state index is 0.0500. The van der Waals surface area contributed by atoms with E-state index in [1.165, 1.54) is 5.95 Å². The third kappa shape index (κ3) is 3.50. The van der Waals surface area contributed by atoms with Gasteiger partial charge in [-0.3, -0.25) is 5.32 Å². The van der Waals surface area contributed by atoms with Gasteiger partial charge in [-0.2, -0.15) is 0 Å². The number of anilines is 1. The molecular formula is C15H30N3+. The SMILES string of the molecule is CC(C)(C)Nc1n(C(C)(C)C)cc[n+]1C(C)(C)C. The van der Waals surface area contributed by atoms with E-state index in [1.807, 2.05) is 0 Å². The lowest BCUT2D eigenvalue weighted by Gasteiger charge is -2.26. The fourth-order valence-electron chi connectivity index (χ4n) is 1.93.